The van der Waals surface area contributed by atoms with Crippen LogP contribution >= 0.6 is 0 Å². The Morgan fingerprint density at radius 3 is 1.83 bits per heavy atom. The van der Waals surface area contributed by atoms with Gasteiger partial charge in [0.2, 0.25) is 0 Å². The molecule has 6 heavy (non-hydrogen) atoms. The van der Waals surface area contributed by atoms with Gasteiger partial charge >= 0.3 is 43.0 Å². The molecular formula is HFeO4S. The zero-order chi connectivity index (χ0) is 5.21. The molecule has 0 rings (SSSR count). The van der Waals surface area contributed by atoms with Crippen molar-refractivity contribution < 1.29 is 32.6 Å². The van der Waals surface area contributed by atoms with Gasteiger partial charge in [-0.05, 0) is 0 Å². The van der Waals surface area contributed by atoms with Crippen molar-refractivity contribution in [2.75, 3.05) is 0 Å². The predicted molar refractivity (Wildman–Crippen MR) is 12.6 cm³/mol. The van der Waals surface area contributed by atoms with Crippen LogP contribution in [0.15, 0.2) is 0 Å². The van der Waals surface area contributed by atoms with Crippen LogP contribution in [0.5, 0.6) is 0 Å². The van der Waals surface area contributed by atoms with Crippen LogP contribution in [-0.4, -0.2) is 13.0 Å². The third kappa shape index (κ3) is 4.39. The van der Waals surface area contributed by atoms with Crippen LogP contribution in [0.1, 0.15) is 0 Å². The summed E-state index contributed by atoms with van der Waals surface area (Å²) < 4.78 is 29.3. The first-order valence-corrected chi connectivity index (χ1v) is 2.64. The van der Waals surface area contributed by atoms with Gasteiger partial charge < -0.3 is 0 Å². The average Bonchev–Trinajstić information content (AvgIpc) is 1.35. The molecule has 0 radical (unpaired) electrons. The molecule has 0 aliphatic heterocycles. The molecule has 0 aromatic heterocycles. The minimum atomic E-state index is -4.27. The molecule has 1 N–H and O–H groups in total. The van der Waals surface area contributed by atoms with E-state index in [0.29, 0.717) is 0 Å². The molecule has 6 heteroatoms. The summed E-state index contributed by atoms with van der Waals surface area (Å²) in [5.41, 5.74) is 0. The molecule has 0 atom stereocenters. The van der Waals surface area contributed by atoms with Crippen LogP contribution in [0.3, 0.4) is 0 Å². The molecule has 0 unspecified atom stereocenters. The molecule has 4 nitrogen and oxygen atoms in total. The van der Waals surface area contributed by atoms with Gasteiger partial charge in [-0.3, -0.25) is 0 Å². The summed E-state index contributed by atoms with van der Waals surface area (Å²) in [6.07, 6.45) is 0. The van der Waals surface area contributed by atoms with Crippen molar-refractivity contribution in [2.45, 2.75) is 0 Å². The maximum absolute atomic E-state index is 9.27. The molecule has 0 spiro atoms. The number of rotatable bonds is 1. The Morgan fingerprint density at radius 1 is 1.67 bits per heavy atom. The van der Waals surface area contributed by atoms with Gasteiger partial charge in [0, 0.05) is 0 Å². The molecule has 0 saturated heterocycles. The Bertz CT molecular complexity index is 110. The normalized spacial score (nSPS) is 11.7. The van der Waals surface area contributed by atoms with Gasteiger partial charge in [-0.15, -0.1) is 0 Å². The van der Waals surface area contributed by atoms with Gasteiger partial charge in [-0.25, -0.2) is 0 Å². The van der Waals surface area contributed by atoms with Gasteiger partial charge in [-0.2, -0.15) is 0 Å². The van der Waals surface area contributed by atoms with Crippen molar-refractivity contribution in [1.29, 1.82) is 0 Å². The summed E-state index contributed by atoms with van der Waals surface area (Å²) >= 11 is 2.42. The predicted octanol–water partition coefficient (Wildman–Crippen LogP) is -0.732. The fraction of sp³-hybridized carbons (Fsp3) is 0. The zero-order valence-electron chi connectivity index (χ0n) is 2.43. The van der Waals surface area contributed by atoms with Crippen molar-refractivity contribution in [2.24, 2.45) is 0 Å². The van der Waals surface area contributed by atoms with E-state index in [-0.39, 0.29) is 0 Å². The minimum absolute atomic E-state index is 2.42. The summed E-state index contributed by atoms with van der Waals surface area (Å²) in [5.74, 6) is 0. The van der Waals surface area contributed by atoms with Crippen LogP contribution < -0.4 is 0 Å². The number of hydrogen-bond donors (Lipinski definition) is 1. The fourth-order valence-electron chi connectivity index (χ4n) is 0. The van der Waals surface area contributed by atoms with Gasteiger partial charge in [0.05, 0.1) is 0 Å². The van der Waals surface area contributed by atoms with E-state index >= 15 is 0 Å². The summed E-state index contributed by atoms with van der Waals surface area (Å²) in [6.45, 7) is 0. The molecule has 0 amide bonds. The van der Waals surface area contributed by atoms with E-state index in [9.17, 15) is 8.42 Å². The third-order valence-corrected chi connectivity index (χ3v) is 0.921. The van der Waals surface area contributed by atoms with Crippen LogP contribution in [0.25, 0.3) is 0 Å². The summed E-state index contributed by atoms with van der Waals surface area (Å²) in [7, 11) is -4.27. The second-order valence-electron chi connectivity index (χ2n) is 0.487. The van der Waals surface area contributed by atoms with Crippen LogP contribution in [0.2, 0.25) is 0 Å². The van der Waals surface area contributed by atoms with Gasteiger partial charge in [0.15, 0.2) is 0 Å². The van der Waals surface area contributed by atoms with Crippen molar-refractivity contribution in [1.82, 2.24) is 0 Å². The van der Waals surface area contributed by atoms with Crippen molar-refractivity contribution in [3.8, 4) is 0 Å². The number of hydrogen-bond acceptors (Lipinski definition) is 3. The fourth-order valence-corrected chi connectivity index (χ4v) is 0. The molecule has 0 aliphatic rings. The topological polar surface area (TPSA) is 63.6 Å². The summed E-state index contributed by atoms with van der Waals surface area (Å²) in [6, 6.07) is 0. The van der Waals surface area contributed by atoms with Crippen molar-refractivity contribution in [3.63, 3.8) is 0 Å². The Morgan fingerprint density at radius 2 is 1.83 bits per heavy atom. The van der Waals surface area contributed by atoms with E-state index in [1.165, 1.54) is 0 Å². The molecule has 0 fully saturated rings. The second kappa shape index (κ2) is 1.90. The average molecular weight is 153 g/mol. The zero-order valence-corrected chi connectivity index (χ0v) is 4.35. The molecule has 0 aromatic rings. The van der Waals surface area contributed by atoms with Crippen LogP contribution in [-0.2, 0) is 30.0 Å². The van der Waals surface area contributed by atoms with Crippen LogP contribution in [0.4, 0.5) is 0 Å². The van der Waals surface area contributed by atoms with E-state index in [0.717, 1.165) is 0 Å². The molecule has 0 aliphatic carbocycles. The molecule has 0 heterocycles. The first-order chi connectivity index (χ1) is 2.56. The van der Waals surface area contributed by atoms with Gasteiger partial charge in [0.1, 0.15) is 0 Å². The summed E-state index contributed by atoms with van der Waals surface area (Å²) in [4.78, 5) is 0. The molecule has 0 aromatic carbocycles. The van der Waals surface area contributed by atoms with E-state index < -0.39 is 10.4 Å². The Hall–Kier alpha value is 0.389. The molecule has 39 valence electrons. The van der Waals surface area contributed by atoms with Crippen molar-refractivity contribution in [3.05, 3.63) is 0 Å². The first kappa shape index (κ1) is 6.39. The van der Waals surface area contributed by atoms with Gasteiger partial charge in [-0.1, -0.05) is 0 Å². The molecule has 0 bridgehead atoms. The van der Waals surface area contributed by atoms with Gasteiger partial charge in [0.25, 0.3) is 0 Å². The second-order valence-corrected chi connectivity index (χ2v) is 2.01. The SMILES string of the molecule is O=S(=O)(O)[O][Fe]. The Balaban J connectivity index is 3.85. The van der Waals surface area contributed by atoms with Crippen LogP contribution in [0, 0.1) is 0 Å². The standard InChI is InChI=1S/Fe.H2O4S/c;1-5(2,3)4/h;(H2,1,2,3,4)/q+1;/p-1. The third-order valence-electron chi connectivity index (χ3n) is 0.0745. The molecular weight excluding hydrogens is 152 g/mol. The molecule has 0 saturated carbocycles. The van der Waals surface area contributed by atoms with E-state index in [2.05, 4.69) is 19.6 Å². The Kier molecular flexibility index (Phi) is 2.03. The van der Waals surface area contributed by atoms with Crippen molar-refractivity contribution >= 4 is 10.4 Å². The summed E-state index contributed by atoms with van der Waals surface area (Å²) in [5, 5.41) is 0. The van der Waals surface area contributed by atoms with E-state index in [4.69, 9.17) is 4.55 Å². The quantitative estimate of drug-likeness (QED) is 0.398. The Labute approximate surface area is 43.6 Å². The monoisotopic (exact) mass is 153 g/mol. The first-order valence-electron chi connectivity index (χ1n) is 0.827. The van der Waals surface area contributed by atoms with E-state index in [1.54, 1.807) is 0 Å². The maximum atomic E-state index is 9.27. The van der Waals surface area contributed by atoms with E-state index in [1.807, 2.05) is 0 Å².